The van der Waals surface area contributed by atoms with Gasteiger partial charge in [-0.2, -0.15) is 0 Å². The zero-order valence-corrected chi connectivity index (χ0v) is 14.8. The second-order valence-corrected chi connectivity index (χ2v) is 7.05. The Morgan fingerprint density at radius 1 is 1.04 bits per heavy atom. The fourth-order valence-corrected chi connectivity index (χ4v) is 3.49. The molecule has 4 nitrogen and oxygen atoms in total. The molecule has 0 saturated carbocycles. The predicted octanol–water partition coefficient (Wildman–Crippen LogP) is 3.49. The van der Waals surface area contributed by atoms with Gasteiger partial charge in [-0.1, -0.05) is 46.3 Å². The molecular formula is C19H18BrN3O. The van der Waals surface area contributed by atoms with Crippen LogP contribution in [0.5, 0.6) is 0 Å². The minimum Gasteiger partial charge on any atom is -0.293 e. The van der Waals surface area contributed by atoms with Crippen molar-refractivity contribution in [3.05, 3.63) is 86.2 Å². The third-order valence-corrected chi connectivity index (χ3v) is 4.99. The SMILES string of the molecule is O=c1c2c([nH]n1-c1ccc(Br)cc1)CN(Cc1ccccc1)CC2. The van der Waals surface area contributed by atoms with Crippen LogP contribution in [0.3, 0.4) is 0 Å². The summed E-state index contributed by atoms with van der Waals surface area (Å²) in [6.45, 7) is 2.60. The number of aromatic amines is 1. The van der Waals surface area contributed by atoms with Gasteiger partial charge in [0.2, 0.25) is 0 Å². The number of nitrogens with one attached hydrogen (secondary N) is 1. The van der Waals surface area contributed by atoms with Crippen molar-refractivity contribution in [3.8, 4) is 5.69 Å². The van der Waals surface area contributed by atoms with Crippen LogP contribution in [-0.2, 0) is 19.5 Å². The van der Waals surface area contributed by atoms with Crippen molar-refractivity contribution in [1.29, 1.82) is 0 Å². The van der Waals surface area contributed by atoms with Gasteiger partial charge in [-0.3, -0.25) is 14.8 Å². The number of hydrogen-bond donors (Lipinski definition) is 1. The summed E-state index contributed by atoms with van der Waals surface area (Å²) in [6.07, 6.45) is 0.793. The van der Waals surface area contributed by atoms with Crippen molar-refractivity contribution < 1.29 is 0 Å². The number of benzene rings is 2. The molecule has 0 atom stereocenters. The van der Waals surface area contributed by atoms with Gasteiger partial charge in [0.25, 0.3) is 5.56 Å². The molecule has 1 aliphatic rings. The molecule has 24 heavy (non-hydrogen) atoms. The second kappa shape index (κ2) is 6.42. The molecule has 3 aromatic rings. The second-order valence-electron chi connectivity index (χ2n) is 6.13. The lowest BCUT2D eigenvalue weighted by atomic mass is 10.1. The smallest absolute Gasteiger partial charge is 0.274 e. The van der Waals surface area contributed by atoms with Gasteiger partial charge in [0, 0.05) is 29.7 Å². The van der Waals surface area contributed by atoms with E-state index in [1.165, 1.54) is 5.56 Å². The Morgan fingerprint density at radius 2 is 1.79 bits per heavy atom. The molecule has 1 aromatic heterocycles. The van der Waals surface area contributed by atoms with E-state index in [1.54, 1.807) is 4.68 Å². The van der Waals surface area contributed by atoms with Crippen LogP contribution in [0, 0.1) is 0 Å². The standard InChI is InChI=1S/C19H18BrN3O/c20-15-6-8-16(9-7-15)23-19(24)17-10-11-22(13-18(17)21-23)12-14-4-2-1-3-5-14/h1-9,21H,10-13H2. The van der Waals surface area contributed by atoms with E-state index in [9.17, 15) is 4.79 Å². The van der Waals surface area contributed by atoms with E-state index in [2.05, 4.69) is 50.2 Å². The lowest BCUT2D eigenvalue weighted by molar-refractivity contribution is 0.242. The van der Waals surface area contributed by atoms with Crippen molar-refractivity contribution >= 4 is 15.9 Å². The van der Waals surface area contributed by atoms with Gasteiger partial charge in [-0.15, -0.1) is 0 Å². The van der Waals surface area contributed by atoms with Crippen LogP contribution in [0.15, 0.2) is 63.9 Å². The summed E-state index contributed by atoms with van der Waals surface area (Å²) < 4.78 is 2.66. The van der Waals surface area contributed by atoms with Crippen LogP contribution in [0.2, 0.25) is 0 Å². The Hall–Kier alpha value is -2.11. The lowest BCUT2D eigenvalue weighted by Gasteiger charge is -2.25. The maximum Gasteiger partial charge on any atom is 0.274 e. The van der Waals surface area contributed by atoms with Gasteiger partial charge in [-0.25, -0.2) is 4.68 Å². The molecule has 2 heterocycles. The molecule has 0 bridgehead atoms. The van der Waals surface area contributed by atoms with Gasteiger partial charge in [-0.05, 0) is 36.2 Å². The third kappa shape index (κ3) is 2.97. The van der Waals surface area contributed by atoms with Crippen LogP contribution >= 0.6 is 15.9 Å². The number of hydrogen-bond acceptors (Lipinski definition) is 2. The highest BCUT2D eigenvalue weighted by atomic mass is 79.9. The van der Waals surface area contributed by atoms with E-state index in [0.29, 0.717) is 0 Å². The summed E-state index contributed by atoms with van der Waals surface area (Å²) in [6, 6.07) is 18.2. The maximum atomic E-state index is 12.7. The van der Waals surface area contributed by atoms with Crippen molar-refractivity contribution in [2.75, 3.05) is 6.54 Å². The Kier molecular flexibility index (Phi) is 4.12. The fourth-order valence-electron chi connectivity index (χ4n) is 3.23. The molecule has 1 aliphatic heterocycles. The highest BCUT2D eigenvalue weighted by Crippen LogP contribution is 2.19. The molecule has 122 valence electrons. The van der Waals surface area contributed by atoms with E-state index in [4.69, 9.17) is 0 Å². The van der Waals surface area contributed by atoms with Crippen molar-refractivity contribution in [3.63, 3.8) is 0 Å². The molecule has 0 spiro atoms. The molecule has 0 amide bonds. The first-order chi connectivity index (χ1) is 11.7. The van der Waals surface area contributed by atoms with Crippen molar-refractivity contribution in [2.45, 2.75) is 19.5 Å². The van der Waals surface area contributed by atoms with Gasteiger partial charge in [0.15, 0.2) is 0 Å². The molecule has 0 fully saturated rings. The van der Waals surface area contributed by atoms with Crippen LogP contribution in [0.25, 0.3) is 5.69 Å². The normalized spacial score (nSPS) is 14.5. The Bertz CT molecular complexity index is 897. The van der Waals surface area contributed by atoms with Crippen LogP contribution in [0.4, 0.5) is 0 Å². The Labute approximate surface area is 148 Å². The summed E-state index contributed by atoms with van der Waals surface area (Å²) in [7, 11) is 0. The summed E-state index contributed by atoms with van der Waals surface area (Å²) in [5.74, 6) is 0. The fraction of sp³-hybridized carbons (Fsp3) is 0.211. The van der Waals surface area contributed by atoms with E-state index < -0.39 is 0 Å². The van der Waals surface area contributed by atoms with Crippen LogP contribution < -0.4 is 5.56 Å². The molecule has 2 aromatic carbocycles. The number of nitrogens with zero attached hydrogens (tertiary/aromatic N) is 2. The number of halogens is 1. The molecule has 1 N–H and O–H groups in total. The van der Waals surface area contributed by atoms with Crippen LogP contribution in [-0.4, -0.2) is 21.2 Å². The molecule has 0 saturated heterocycles. The van der Waals surface area contributed by atoms with Gasteiger partial charge in [0.1, 0.15) is 0 Å². The zero-order chi connectivity index (χ0) is 16.5. The van der Waals surface area contributed by atoms with Crippen molar-refractivity contribution in [1.82, 2.24) is 14.7 Å². The highest BCUT2D eigenvalue weighted by molar-refractivity contribution is 9.10. The monoisotopic (exact) mass is 383 g/mol. The number of rotatable bonds is 3. The zero-order valence-electron chi connectivity index (χ0n) is 13.2. The van der Waals surface area contributed by atoms with E-state index in [1.807, 2.05) is 30.3 Å². The van der Waals surface area contributed by atoms with Gasteiger partial charge >= 0.3 is 0 Å². The first kappa shape index (κ1) is 15.4. The average Bonchev–Trinajstić information content (AvgIpc) is 2.93. The Morgan fingerprint density at radius 3 is 2.54 bits per heavy atom. The number of H-pyrrole nitrogens is 1. The van der Waals surface area contributed by atoms with Gasteiger partial charge < -0.3 is 0 Å². The average molecular weight is 384 g/mol. The minimum atomic E-state index is 0.0756. The topological polar surface area (TPSA) is 41.0 Å². The summed E-state index contributed by atoms with van der Waals surface area (Å²) >= 11 is 3.43. The molecule has 0 radical (unpaired) electrons. The van der Waals surface area contributed by atoms with E-state index in [0.717, 1.165) is 47.5 Å². The quantitative estimate of drug-likeness (QED) is 0.751. The summed E-state index contributed by atoms with van der Waals surface area (Å²) in [5, 5.41) is 3.30. The summed E-state index contributed by atoms with van der Waals surface area (Å²) in [4.78, 5) is 15.0. The van der Waals surface area contributed by atoms with E-state index >= 15 is 0 Å². The summed E-state index contributed by atoms with van der Waals surface area (Å²) in [5.41, 5.74) is 4.20. The van der Waals surface area contributed by atoms with Crippen LogP contribution in [0.1, 0.15) is 16.8 Å². The number of fused-ring (bicyclic) bond motifs is 1. The van der Waals surface area contributed by atoms with Gasteiger partial charge in [0.05, 0.1) is 11.4 Å². The largest absolute Gasteiger partial charge is 0.293 e. The predicted molar refractivity (Wildman–Crippen MR) is 98.3 cm³/mol. The Balaban J connectivity index is 1.59. The molecule has 0 aliphatic carbocycles. The molecular weight excluding hydrogens is 366 g/mol. The van der Waals surface area contributed by atoms with E-state index in [-0.39, 0.29) is 5.56 Å². The first-order valence-corrected chi connectivity index (χ1v) is 8.85. The number of aromatic nitrogens is 2. The lowest BCUT2D eigenvalue weighted by Crippen LogP contribution is -2.31. The molecule has 5 heteroatoms. The molecule has 4 rings (SSSR count). The highest BCUT2D eigenvalue weighted by Gasteiger charge is 2.22. The van der Waals surface area contributed by atoms with Crippen molar-refractivity contribution in [2.24, 2.45) is 0 Å². The first-order valence-electron chi connectivity index (χ1n) is 8.06. The minimum absolute atomic E-state index is 0.0756. The molecule has 0 unspecified atom stereocenters. The maximum absolute atomic E-state index is 12.7. The third-order valence-electron chi connectivity index (χ3n) is 4.47.